The van der Waals surface area contributed by atoms with Gasteiger partial charge >= 0.3 is 6.09 Å². The molecule has 0 bridgehead atoms. The van der Waals surface area contributed by atoms with Crippen LogP contribution in [0.5, 0.6) is 0 Å². The average Bonchev–Trinajstić information content (AvgIpc) is 3.12. The standard InChI is InChI=1S/C13H23N3O2/c17-13-15-8-12(18-13)9-16-5-3-11(4-6-16)14-7-10-1-2-10/h10-12,14H,1-9H2,(H,15,17). The Hall–Kier alpha value is -0.810. The zero-order chi connectivity index (χ0) is 12.4. The molecule has 3 rings (SSSR count). The van der Waals surface area contributed by atoms with Crippen LogP contribution in [0.1, 0.15) is 25.7 Å². The van der Waals surface area contributed by atoms with Crippen molar-refractivity contribution in [1.82, 2.24) is 15.5 Å². The molecule has 2 aliphatic heterocycles. The number of nitrogens with zero attached hydrogens (tertiary/aromatic N) is 1. The molecule has 0 aromatic carbocycles. The van der Waals surface area contributed by atoms with E-state index in [1.165, 1.54) is 32.2 Å². The van der Waals surface area contributed by atoms with Gasteiger partial charge in [-0.2, -0.15) is 0 Å². The lowest BCUT2D eigenvalue weighted by Gasteiger charge is -2.33. The summed E-state index contributed by atoms with van der Waals surface area (Å²) < 4.78 is 5.17. The molecule has 2 heterocycles. The summed E-state index contributed by atoms with van der Waals surface area (Å²) in [6.07, 6.45) is 5.08. The van der Waals surface area contributed by atoms with Crippen molar-refractivity contribution in [2.24, 2.45) is 5.92 Å². The Labute approximate surface area is 108 Å². The first-order chi connectivity index (χ1) is 8.79. The normalized spacial score (nSPS) is 30.2. The van der Waals surface area contributed by atoms with Crippen LogP contribution in [-0.2, 0) is 4.74 Å². The van der Waals surface area contributed by atoms with Crippen molar-refractivity contribution < 1.29 is 9.53 Å². The van der Waals surface area contributed by atoms with E-state index in [0.29, 0.717) is 12.6 Å². The second kappa shape index (κ2) is 5.45. The Kier molecular flexibility index (Phi) is 3.70. The molecule has 5 nitrogen and oxygen atoms in total. The molecule has 3 fully saturated rings. The lowest BCUT2D eigenvalue weighted by molar-refractivity contribution is 0.0950. The van der Waals surface area contributed by atoms with Gasteiger partial charge in [-0.15, -0.1) is 0 Å². The van der Waals surface area contributed by atoms with Crippen LogP contribution < -0.4 is 10.6 Å². The van der Waals surface area contributed by atoms with Crippen LogP contribution in [0.25, 0.3) is 0 Å². The molecule has 0 aromatic heterocycles. The van der Waals surface area contributed by atoms with E-state index in [1.54, 1.807) is 0 Å². The summed E-state index contributed by atoms with van der Waals surface area (Å²) >= 11 is 0. The number of hydrogen-bond acceptors (Lipinski definition) is 4. The van der Waals surface area contributed by atoms with Crippen molar-refractivity contribution in [2.45, 2.75) is 37.8 Å². The van der Waals surface area contributed by atoms with Gasteiger partial charge in [0, 0.05) is 12.6 Å². The van der Waals surface area contributed by atoms with Crippen molar-refractivity contribution in [3.63, 3.8) is 0 Å². The van der Waals surface area contributed by atoms with Gasteiger partial charge in [-0.25, -0.2) is 4.79 Å². The van der Waals surface area contributed by atoms with Gasteiger partial charge in [-0.05, 0) is 51.2 Å². The molecule has 0 aromatic rings. The SMILES string of the molecule is O=C1NCC(CN2CCC(NCC3CC3)CC2)O1. The first kappa shape index (κ1) is 12.2. The minimum Gasteiger partial charge on any atom is -0.443 e. The molecule has 1 unspecified atom stereocenters. The highest BCUT2D eigenvalue weighted by Crippen LogP contribution is 2.28. The summed E-state index contributed by atoms with van der Waals surface area (Å²) in [6.45, 7) is 5.01. The highest BCUT2D eigenvalue weighted by Gasteiger charge is 2.28. The molecule has 1 saturated carbocycles. The van der Waals surface area contributed by atoms with E-state index in [-0.39, 0.29) is 12.2 Å². The summed E-state index contributed by atoms with van der Waals surface area (Å²) in [6, 6.07) is 0.700. The van der Waals surface area contributed by atoms with Crippen molar-refractivity contribution in [2.75, 3.05) is 32.7 Å². The number of amides is 1. The Bertz CT molecular complexity index is 299. The van der Waals surface area contributed by atoms with E-state index < -0.39 is 0 Å². The molecule has 0 radical (unpaired) electrons. The number of hydrogen-bond donors (Lipinski definition) is 2. The lowest BCUT2D eigenvalue weighted by atomic mass is 10.0. The third-order valence-corrected chi connectivity index (χ3v) is 4.19. The van der Waals surface area contributed by atoms with Crippen LogP contribution in [0, 0.1) is 5.92 Å². The first-order valence-electron chi connectivity index (χ1n) is 7.20. The van der Waals surface area contributed by atoms with E-state index in [2.05, 4.69) is 15.5 Å². The first-order valence-corrected chi connectivity index (χ1v) is 7.20. The summed E-state index contributed by atoms with van der Waals surface area (Å²) in [5.41, 5.74) is 0. The number of cyclic esters (lactones) is 1. The van der Waals surface area contributed by atoms with Gasteiger partial charge in [0.05, 0.1) is 6.54 Å². The zero-order valence-electron chi connectivity index (χ0n) is 10.9. The number of rotatable bonds is 5. The van der Waals surface area contributed by atoms with Crippen LogP contribution in [-0.4, -0.2) is 55.9 Å². The quantitative estimate of drug-likeness (QED) is 0.751. The van der Waals surface area contributed by atoms with Crippen molar-refractivity contribution in [1.29, 1.82) is 0 Å². The highest BCUT2D eigenvalue weighted by molar-refractivity contribution is 5.69. The fourth-order valence-corrected chi connectivity index (χ4v) is 2.80. The van der Waals surface area contributed by atoms with Gasteiger partial charge < -0.3 is 15.4 Å². The summed E-state index contributed by atoms with van der Waals surface area (Å²) in [5.74, 6) is 0.965. The van der Waals surface area contributed by atoms with Gasteiger partial charge in [-0.3, -0.25) is 4.90 Å². The molecular weight excluding hydrogens is 230 g/mol. The molecule has 0 spiro atoms. The minimum absolute atomic E-state index is 0.0495. The van der Waals surface area contributed by atoms with Crippen LogP contribution in [0.3, 0.4) is 0 Å². The minimum atomic E-state index is -0.263. The Morgan fingerprint density at radius 2 is 2.06 bits per heavy atom. The highest BCUT2D eigenvalue weighted by atomic mass is 16.6. The smallest absolute Gasteiger partial charge is 0.407 e. The number of nitrogens with one attached hydrogen (secondary N) is 2. The topological polar surface area (TPSA) is 53.6 Å². The second-order valence-electron chi connectivity index (χ2n) is 5.83. The maximum absolute atomic E-state index is 10.9. The maximum atomic E-state index is 10.9. The molecule has 5 heteroatoms. The van der Waals surface area contributed by atoms with Gasteiger partial charge in [0.2, 0.25) is 0 Å². The van der Waals surface area contributed by atoms with Crippen LogP contribution in [0.2, 0.25) is 0 Å². The summed E-state index contributed by atoms with van der Waals surface area (Å²) in [5, 5.41) is 6.39. The lowest BCUT2D eigenvalue weighted by Crippen LogP contribution is -2.45. The van der Waals surface area contributed by atoms with Crippen molar-refractivity contribution in [3.8, 4) is 0 Å². The molecule has 1 amide bonds. The number of likely N-dealkylation sites (tertiary alicyclic amines) is 1. The van der Waals surface area contributed by atoms with E-state index in [0.717, 1.165) is 25.6 Å². The molecular formula is C13H23N3O2. The van der Waals surface area contributed by atoms with Crippen molar-refractivity contribution >= 4 is 6.09 Å². The average molecular weight is 253 g/mol. The summed E-state index contributed by atoms with van der Waals surface area (Å²) in [7, 11) is 0. The number of piperidine rings is 1. The number of ether oxygens (including phenoxy) is 1. The number of carbonyl (C=O) groups is 1. The second-order valence-corrected chi connectivity index (χ2v) is 5.83. The molecule has 102 valence electrons. The van der Waals surface area contributed by atoms with Crippen LogP contribution >= 0.6 is 0 Å². The third-order valence-electron chi connectivity index (χ3n) is 4.19. The molecule has 1 atom stereocenters. The van der Waals surface area contributed by atoms with Gasteiger partial charge in [-0.1, -0.05) is 0 Å². The molecule has 2 saturated heterocycles. The predicted molar refractivity (Wildman–Crippen MR) is 68.5 cm³/mol. The maximum Gasteiger partial charge on any atom is 0.407 e. The molecule has 18 heavy (non-hydrogen) atoms. The van der Waals surface area contributed by atoms with Gasteiger partial charge in [0.1, 0.15) is 6.10 Å². The largest absolute Gasteiger partial charge is 0.443 e. The van der Waals surface area contributed by atoms with Crippen molar-refractivity contribution in [3.05, 3.63) is 0 Å². The number of alkyl carbamates (subject to hydrolysis) is 1. The zero-order valence-corrected chi connectivity index (χ0v) is 10.9. The third kappa shape index (κ3) is 3.36. The molecule has 3 aliphatic rings. The Balaban J connectivity index is 1.33. The molecule has 2 N–H and O–H groups in total. The number of carbonyl (C=O) groups excluding carboxylic acids is 1. The van der Waals surface area contributed by atoms with Gasteiger partial charge in [0.15, 0.2) is 0 Å². The van der Waals surface area contributed by atoms with Crippen LogP contribution in [0.4, 0.5) is 4.79 Å². The fraction of sp³-hybridized carbons (Fsp3) is 0.923. The monoisotopic (exact) mass is 253 g/mol. The van der Waals surface area contributed by atoms with E-state index >= 15 is 0 Å². The Morgan fingerprint density at radius 3 is 2.67 bits per heavy atom. The van der Waals surface area contributed by atoms with E-state index in [9.17, 15) is 4.79 Å². The summed E-state index contributed by atoms with van der Waals surface area (Å²) in [4.78, 5) is 13.4. The fourth-order valence-electron chi connectivity index (χ4n) is 2.80. The Morgan fingerprint density at radius 1 is 1.28 bits per heavy atom. The van der Waals surface area contributed by atoms with E-state index in [4.69, 9.17) is 4.74 Å². The molecule has 1 aliphatic carbocycles. The van der Waals surface area contributed by atoms with Crippen LogP contribution in [0.15, 0.2) is 0 Å². The predicted octanol–water partition coefficient (Wildman–Crippen LogP) is 0.559. The van der Waals surface area contributed by atoms with Gasteiger partial charge in [0.25, 0.3) is 0 Å². The van der Waals surface area contributed by atoms with E-state index in [1.807, 2.05) is 0 Å².